The molecule has 1 aromatic heterocycles. The molecule has 4 nitrogen and oxygen atoms in total. The number of hydrogen-bond acceptors (Lipinski definition) is 3. The molecule has 0 fully saturated rings. The minimum Gasteiger partial charge on any atom is -0.357 e. The van der Waals surface area contributed by atoms with Gasteiger partial charge in [0.2, 0.25) is 0 Å². The average Bonchev–Trinajstić information content (AvgIpc) is 2.86. The zero-order chi connectivity index (χ0) is 17.5. The molecule has 0 aliphatic heterocycles. The SMILES string of the molecule is CCNC(=NCCC(F)(F)F)NCCc1nc(C(C)(C)C)cs1.I. The summed E-state index contributed by atoms with van der Waals surface area (Å²) in [5.74, 6) is 0.407. The Bertz CT molecular complexity index is 510. The monoisotopic (exact) mass is 478 g/mol. The number of aromatic nitrogens is 1. The van der Waals surface area contributed by atoms with Crippen molar-refractivity contribution in [3.63, 3.8) is 0 Å². The third-order valence-electron chi connectivity index (χ3n) is 2.96. The molecule has 0 saturated heterocycles. The maximum absolute atomic E-state index is 12.1. The lowest BCUT2D eigenvalue weighted by molar-refractivity contribution is -0.132. The molecule has 0 aromatic carbocycles. The third-order valence-corrected chi connectivity index (χ3v) is 3.87. The maximum Gasteiger partial charge on any atom is 0.390 e. The van der Waals surface area contributed by atoms with Gasteiger partial charge in [-0.15, -0.1) is 35.3 Å². The first-order valence-corrected chi connectivity index (χ1v) is 8.53. The summed E-state index contributed by atoms with van der Waals surface area (Å²) in [4.78, 5) is 8.52. The van der Waals surface area contributed by atoms with Gasteiger partial charge in [0.25, 0.3) is 0 Å². The van der Waals surface area contributed by atoms with Gasteiger partial charge in [-0.3, -0.25) is 4.99 Å². The summed E-state index contributed by atoms with van der Waals surface area (Å²) in [5.41, 5.74) is 1.08. The molecular weight excluding hydrogens is 452 g/mol. The Hall–Kier alpha value is -0.580. The van der Waals surface area contributed by atoms with Crippen LogP contribution < -0.4 is 10.6 Å². The van der Waals surface area contributed by atoms with Crippen LogP contribution >= 0.6 is 35.3 Å². The largest absolute Gasteiger partial charge is 0.390 e. The molecular formula is C15H26F3IN4S. The summed E-state index contributed by atoms with van der Waals surface area (Å²) in [6.07, 6.45) is -4.37. The molecule has 0 atom stereocenters. The standard InChI is InChI=1S/C15H25F3N4S.HI/c1-5-19-13(21-9-7-15(16,17)18)20-8-6-12-22-11(10-23-12)14(2,3)4;/h10H,5-9H2,1-4H3,(H2,19,20,21);1H. The van der Waals surface area contributed by atoms with E-state index in [-0.39, 0.29) is 35.9 Å². The van der Waals surface area contributed by atoms with E-state index in [0.717, 1.165) is 10.7 Å². The highest BCUT2D eigenvalue weighted by atomic mass is 127. The zero-order valence-electron chi connectivity index (χ0n) is 14.5. The van der Waals surface area contributed by atoms with Crippen LogP contribution in [0.2, 0.25) is 0 Å². The molecule has 1 aromatic rings. The second-order valence-corrected chi connectivity index (χ2v) is 7.12. The molecule has 0 radical (unpaired) electrons. The highest BCUT2D eigenvalue weighted by molar-refractivity contribution is 14.0. The van der Waals surface area contributed by atoms with Gasteiger partial charge in [0.05, 0.1) is 23.7 Å². The normalized spacial score (nSPS) is 12.7. The predicted octanol–water partition coefficient (Wildman–Crippen LogP) is 4.11. The first kappa shape index (κ1) is 23.4. The molecule has 1 rings (SSSR count). The fourth-order valence-electron chi connectivity index (χ4n) is 1.69. The summed E-state index contributed by atoms with van der Waals surface area (Å²) in [6.45, 7) is 9.11. The summed E-state index contributed by atoms with van der Waals surface area (Å²) < 4.78 is 36.4. The van der Waals surface area contributed by atoms with Crippen LogP contribution in [0, 0.1) is 0 Å². The highest BCUT2D eigenvalue weighted by Crippen LogP contribution is 2.23. The van der Waals surface area contributed by atoms with Crippen molar-refractivity contribution in [1.82, 2.24) is 15.6 Å². The van der Waals surface area contributed by atoms with Crippen molar-refractivity contribution in [2.45, 2.75) is 52.1 Å². The van der Waals surface area contributed by atoms with E-state index in [2.05, 4.69) is 46.8 Å². The van der Waals surface area contributed by atoms with Gasteiger partial charge < -0.3 is 10.6 Å². The number of nitrogens with one attached hydrogen (secondary N) is 2. The van der Waals surface area contributed by atoms with Gasteiger partial charge >= 0.3 is 6.18 Å². The number of rotatable bonds is 6. The predicted molar refractivity (Wildman–Crippen MR) is 105 cm³/mol. The van der Waals surface area contributed by atoms with Crippen LogP contribution in [0.3, 0.4) is 0 Å². The van der Waals surface area contributed by atoms with Gasteiger partial charge in [-0.05, 0) is 6.92 Å². The lowest BCUT2D eigenvalue weighted by atomic mass is 9.93. The number of aliphatic imine (C=N–C) groups is 1. The lowest BCUT2D eigenvalue weighted by Gasteiger charge is -2.14. The van der Waals surface area contributed by atoms with E-state index >= 15 is 0 Å². The summed E-state index contributed by atoms with van der Waals surface area (Å²) in [5, 5.41) is 9.04. The summed E-state index contributed by atoms with van der Waals surface area (Å²) in [7, 11) is 0. The van der Waals surface area contributed by atoms with E-state index in [1.807, 2.05) is 6.92 Å². The molecule has 0 unspecified atom stereocenters. The summed E-state index contributed by atoms with van der Waals surface area (Å²) >= 11 is 1.60. The van der Waals surface area contributed by atoms with Crippen molar-refractivity contribution in [3.05, 3.63) is 16.1 Å². The molecule has 9 heteroatoms. The molecule has 0 saturated carbocycles. The fourth-order valence-corrected chi connectivity index (χ4v) is 2.72. The number of thiazole rings is 1. The Kier molecular flexibility index (Phi) is 10.2. The van der Waals surface area contributed by atoms with Crippen LogP contribution in [0.1, 0.15) is 44.8 Å². The molecule has 0 spiro atoms. The Morgan fingerprint density at radius 3 is 2.42 bits per heavy atom. The van der Waals surface area contributed by atoms with Crippen molar-refractivity contribution in [1.29, 1.82) is 0 Å². The van der Waals surface area contributed by atoms with Crippen molar-refractivity contribution in [3.8, 4) is 0 Å². The first-order chi connectivity index (χ1) is 10.6. The Labute approximate surface area is 162 Å². The molecule has 1 heterocycles. The summed E-state index contributed by atoms with van der Waals surface area (Å²) in [6, 6.07) is 0. The van der Waals surface area contributed by atoms with E-state index in [1.54, 1.807) is 11.3 Å². The van der Waals surface area contributed by atoms with E-state index in [0.29, 0.717) is 25.5 Å². The molecule has 0 amide bonds. The van der Waals surface area contributed by atoms with Gasteiger partial charge in [0.1, 0.15) is 0 Å². The second-order valence-electron chi connectivity index (χ2n) is 6.18. The average molecular weight is 478 g/mol. The molecule has 24 heavy (non-hydrogen) atoms. The Morgan fingerprint density at radius 2 is 1.92 bits per heavy atom. The highest BCUT2D eigenvalue weighted by Gasteiger charge is 2.26. The minimum absolute atomic E-state index is 0. The Balaban J connectivity index is 0.00000529. The van der Waals surface area contributed by atoms with E-state index in [4.69, 9.17) is 0 Å². The number of alkyl halides is 3. The van der Waals surface area contributed by atoms with Gasteiger partial charge in [-0.2, -0.15) is 13.2 Å². The van der Waals surface area contributed by atoms with Crippen molar-refractivity contribution < 1.29 is 13.2 Å². The van der Waals surface area contributed by atoms with Gasteiger partial charge in [0, 0.05) is 30.3 Å². The van der Waals surface area contributed by atoms with Crippen LogP contribution in [-0.4, -0.2) is 36.8 Å². The smallest absolute Gasteiger partial charge is 0.357 e. The first-order valence-electron chi connectivity index (χ1n) is 7.65. The zero-order valence-corrected chi connectivity index (χ0v) is 17.6. The minimum atomic E-state index is -4.18. The lowest BCUT2D eigenvalue weighted by Crippen LogP contribution is -2.38. The fraction of sp³-hybridized carbons (Fsp3) is 0.733. The molecule has 0 bridgehead atoms. The topological polar surface area (TPSA) is 49.3 Å². The van der Waals surface area contributed by atoms with Gasteiger partial charge in [-0.1, -0.05) is 20.8 Å². The molecule has 0 aliphatic rings. The number of hydrogen-bond donors (Lipinski definition) is 2. The van der Waals surface area contributed by atoms with Crippen molar-refractivity contribution >= 4 is 41.3 Å². The Morgan fingerprint density at radius 1 is 1.25 bits per heavy atom. The molecule has 140 valence electrons. The quantitative estimate of drug-likeness (QED) is 0.368. The van der Waals surface area contributed by atoms with Crippen molar-refractivity contribution in [2.75, 3.05) is 19.6 Å². The van der Waals surface area contributed by atoms with Crippen LogP contribution in [0.4, 0.5) is 13.2 Å². The third kappa shape index (κ3) is 9.65. The molecule has 0 aliphatic carbocycles. The maximum atomic E-state index is 12.1. The van der Waals surface area contributed by atoms with E-state index in [9.17, 15) is 13.2 Å². The molecule has 2 N–H and O–H groups in total. The van der Waals surface area contributed by atoms with E-state index in [1.165, 1.54) is 0 Å². The van der Waals surface area contributed by atoms with Crippen LogP contribution in [-0.2, 0) is 11.8 Å². The van der Waals surface area contributed by atoms with Crippen LogP contribution in [0.25, 0.3) is 0 Å². The number of halogens is 4. The number of nitrogens with zero attached hydrogens (tertiary/aromatic N) is 2. The van der Waals surface area contributed by atoms with Gasteiger partial charge in [-0.25, -0.2) is 4.98 Å². The van der Waals surface area contributed by atoms with Crippen molar-refractivity contribution in [2.24, 2.45) is 4.99 Å². The second kappa shape index (κ2) is 10.4. The number of guanidine groups is 1. The van der Waals surface area contributed by atoms with Crippen LogP contribution in [0.5, 0.6) is 0 Å². The van der Waals surface area contributed by atoms with Gasteiger partial charge in [0.15, 0.2) is 5.96 Å². The van der Waals surface area contributed by atoms with E-state index < -0.39 is 12.6 Å². The van der Waals surface area contributed by atoms with Crippen LogP contribution in [0.15, 0.2) is 10.4 Å².